The quantitative estimate of drug-likeness (QED) is 0.544. The number of carboxylic acid groups (broad SMARTS) is 1. The zero-order valence-corrected chi connectivity index (χ0v) is 11.9. The fourth-order valence-electron chi connectivity index (χ4n) is 2.13. The Morgan fingerprint density at radius 3 is 2.05 bits per heavy atom. The van der Waals surface area contributed by atoms with Crippen molar-refractivity contribution in [1.29, 1.82) is 0 Å². The summed E-state index contributed by atoms with van der Waals surface area (Å²) in [5.41, 5.74) is 0. The molecule has 0 aromatic carbocycles. The van der Waals surface area contributed by atoms with Crippen LogP contribution in [-0.4, -0.2) is 28.8 Å². The molecule has 0 aromatic rings. The van der Waals surface area contributed by atoms with Crippen LogP contribution in [0.4, 0.5) is 0 Å². The van der Waals surface area contributed by atoms with Gasteiger partial charge in [-0.15, -0.1) is 0 Å². The van der Waals surface area contributed by atoms with E-state index < -0.39 is 23.7 Å². The van der Waals surface area contributed by atoms with E-state index in [0.717, 1.165) is 32.1 Å². The van der Waals surface area contributed by atoms with E-state index in [1.807, 2.05) is 0 Å². The van der Waals surface area contributed by atoms with Crippen molar-refractivity contribution in [1.82, 2.24) is 0 Å². The molecule has 0 unspecified atom stereocenters. The van der Waals surface area contributed by atoms with Crippen LogP contribution in [0.1, 0.15) is 64.7 Å². The van der Waals surface area contributed by atoms with Gasteiger partial charge in [0.2, 0.25) is 0 Å². The highest BCUT2D eigenvalue weighted by Crippen LogP contribution is 2.27. The second kappa shape index (κ2) is 7.87. The minimum Gasteiger partial charge on any atom is -0.475 e. The number of carbonyl (C=O) groups excluding carboxylic acids is 2. The van der Waals surface area contributed by atoms with Gasteiger partial charge in [0.15, 0.2) is 0 Å². The standard InChI is InChI=1S/C14H22O6/c1-2-3-4-5-6-7-10-14(13(17)18)19-11(15)8-9-12(16)20-14/h2-10H2,1H3,(H,17,18). The molecule has 6 nitrogen and oxygen atoms in total. The first kappa shape index (κ1) is 16.5. The van der Waals surface area contributed by atoms with Crippen molar-refractivity contribution in [2.24, 2.45) is 0 Å². The maximum atomic E-state index is 11.4. The lowest BCUT2D eigenvalue weighted by molar-refractivity contribution is -0.234. The summed E-state index contributed by atoms with van der Waals surface area (Å²) in [5, 5.41) is 9.24. The number of carboxylic acids is 1. The van der Waals surface area contributed by atoms with Gasteiger partial charge in [-0.1, -0.05) is 39.0 Å². The van der Waals surface area contributed by atoms with Gasteiger partial charge in [0.1, 0.15) is 0 Å². The molecule has 0 bridgehead atoms. The monoisotopic (exact) mass is 286 g/mol. The van der Waals surface area contributed by atoms with Gasteiger partial charge in [-0.05, 0) is 6.42 Å². The molecule has 6 heteroatoms. The molecule has 0 saturated carbocycles. The van der Waals surface area contributed by atoms with Crippen LogP contribution in [0.25, 0.3) is 0 Å². The van der Waals surface area contributed by atoms with E-state index in [2.05, 4.69) is 6.92 Å². The minimum atomic E-state index is -2.13. The smallest absolute Gasteiger partial charge is 0.390 e. The third-order valence-corrected chi connectivity index (χ3v) is 3.28. The Bertz CT molecular complexity index is 345. The van der Waals surface area contributed by atoms with Crippen LogP contribution in [0.3, 0.4) is 0 Å². The molecule has 0 spiro atoms. The number of unbranched alkanes of at least 4 members (excludes halogenated alkanes) is 5. The predicted octanol–water partition coefficient (Wildman–Crippen LogP) is 2.40. The van der Waals surface area contributed by atoms with E-state index in [4.69, 9.17) is 9.47 Å². The average Bonchev–Trinajstić information content (AvgIpc) is 2.54. The Morgan fingerprint density at radius 2 is 1.55 bits per heavy atom. The summed E-state index contributed by atoms with van der Waals surface area (Å²) in [5.74, 6) is -4.96. The summed E-state index contributed by atoms with van der Waals surface area (Å²) in [6.45, 7) is 2.11. The molecule has 1 aliphatic rings. The number of carbonyl (C=O) groups is 3. The maximum absolute atomic E-state index is 11.4. The molecule has 1 aliphatic heterocycles. The van der Waals surface area contributed by atoms with E-state index in [0.29, 0.717) is 6.42 Å². The molecule has 1 N–H and O–H groups in total. The highest BCUT2D eigenvalue weighted by Gasteiger charge is 2.48. The Hall–Kier alpha value is -1.59. The Kier molecular flexibility index (Phi) is 6.48. The molecular weight excluding hydrogens is 264 g/mol. The van der Waals surface area contributed by atoms with Crippen molar-refractivity contribution in [3.05, 3.63) is 0 Å². The number of cyclic esters (lactones) is 2. The van der Waals surface area contributed by atoms with Crippen LogP contribution >= 0.6 is 0 Å². The zero-order valence-electron chi connectivity index (χ0n) is 11.9. The van der Waals surface area contributed by atoms with Crippen molar-refractivity contribution in [3.8, 4) is 0 Å². The molecule has 1 heterocycles. The molecule has 0 aromatic heterocycles. The fraction of sp³-hybridized carbons (Fsp3) is 0.786. The van der Waals surface area contributed by atoms with Gasteiger partial charge >= 0.3 is 23.7 Å². The lowest BCUT2D eigenvalue weighted by Crippen LogP contribution is -2.45. The van der Waals surface area contributed by atoms with Crippen molar-refractivity contribution < 1.29 is 29.0 Å². The predicted molar refractivity (Wildman–Crippen MR) is 69.8 cm³/mol. The van der Waals surface area contributed by atoms with Crippen LogP contribution in [-0.2, 0) is 23.9 Å². The normalized spacial score (nSPS) is 18.1. The number of ether oxygens (including phenoxy) is 2. The molecule has 0 aliphatic carbocycles. The molecule has 114 valence electrons. The van der Waals surface area contributed by atoms with Crippen LogP contribution in [0.5, 0.6) is 0 Å². The fourth-order valence-corrected chi connectivity index (χ4v) is 2.13. The summed E-state index contributed by atoms with van der Waals surface area (Å²) < 4.78 is 9.75. The van der Waals surface area contributed by atoms with Crippen molar-refractivity contribution >= 4 is 17.9 Å². The van der Waals surface area contributed by atoms with Gasteiger partial charge in [0.05, 0.1) is 12.8 Å². The van der Waals surface area contributed by atoms with Crippen molar-refractivity contribution in [2.45, 2.75) is 70.5 Å². The zero-order chi connectivity index (χ0) is 15.0. The number of hydrogen-bond acceptors (Lipinski definition) is 5. The van der Waals surface area contributed by atoms with Crippen molar-refractivity contribution in [2.75, 3.05) is 0 Å². The van der Waals surface area contributed by atoms with Gasteiger partial charge in [0.25, 0.3) is 0 Å². The highest BCUT2D eigenvalue weighted by atomic mass is 16.7. The van der Waals surface area contributed by atoms with Crippen molar-refractivity contribution in [3.63, 3.8) is 0 Å². The van der Waals surface area contributed by atoms with Gasteiger partial charge in [-0.25, -0.2) is 4.79 Å². The maximum Gasteiger partial charge on any atom is 0.390 e. The van der Waals surface area contributed by atoms with E-state index in [-0.39, 0.29) is 19.3 Å². The third-order valence-electron chi connectivity index (χ3n) is 3.28. The number of hydrogen-bond donors (Lipinski definition) is 1. The second-order valence-corrected chi connectivity index (χ2v) is 5.02. The topological polar surface area (TPSA) is 89.9 Å². The number of rotatable bonds is 8. The summed E-state index contributed by atoms with van der Waals surface area (Å²) in [6.07, 6.45) is 5.46. The molecule has 1 rings (SSSR count). The van der Waals surface area contributed by atoms with E-state index in [9.17, 15) is 19.5 Å². The first-order chi connectivity index (χ1) is 9.50. The molecule has 0 atom stereocenters. The van der Waals surface area contributed by atoms with Crippen LogP contribution in [0.2, 0.25) is 0 Å². The minimum absolute atomic E-state index is 0.00589. The third kappa shape index (κ3) is 4.83. The number of aliphatic carboxylic acids is 1. The molecule has 0 radical (unpaired) electrons. The molecule has 1 saturated heterocycles. The second-order valence-electron chi connectivity index (χ2n) is 5.02. The van der Waals surface area contributed by atoms with E-state index in [1.54, 1.807) is 0 Å². The van der Waals surface area contributed by atoms with Gasteiger partial charge in [-0.3, -0.25) is 9.59 Å². The Balaban J connectivity index is 2.55. The number of esters is 2. The van der Waals surface area contributed by atoms with Gasteiger partial charge in [-0.2, -0.15) is 0 Å². The summed E-state index contributed by atoms with van der Waals surface area (Å²) in [6, 6.07) is 0. The summed E-state index contributed by atoms with van der Waals surface area (Å²) in [4.78, 5) is 34.1. The summed E-state index contributed by atoms with van der Waals surface area (Å²) >= 11 is 0. The summed E-state index contributed by atoms with van der Waals surface area (Å²) in [7, 11) is 0. The van der Waals surface area contributed by atoms with E-state index >= 15 is 0 Å². The largest absolute Gasteiger partial charge is 0.475 e. The Labute approximate surface area is 118 Å². The highest BCUT2D eigenvalue weighted by molar-refractivity contribution is 5.87. The SMILES string of the molecule is CCCCCCCCC1(C(=O)O)OC(=O)CCC(=O)O1. The molecule has 20 heavy (non-hydrogen) atoms. The first-order valence-corrected chi connectivity index (χ1v) is 7.17. The molecular formula is C14H22O6. The first-order valence-electron chi connectivity index (χ1n) is 7.17. The van der Waals surface area contributed by atoms with Gasteiger partial charge < -0.3 is 14.6 Å². The van der Waals surface area contributed by atoms with Crippen LogP contribution in [0, 0.1) is 0 Å². The lowest BCUT2D eigenvalue weighted by atomic mass is 10.0. The van der Waals surface area contributed by atoms with E-state index in [1.165, 1.54) is 0 Å². The lowest BCUT2D eigenvalue weighted by Gasteiger charge is -2.26. The van der Waals surface area contributed by atoms with Crippen LogP contribution < -0.4 is 0 Å². The molecule has 0 amide bonds. The Morgan fingerprint density at radius 1 is 1.05 bits per heavy atom. The average molecular weight is 286 g/mol. The van der Waals surface area contributed by atoms with Crippen LogP contribution in [0.15, 0.2) is 0 Å². The molecule has 1 fully saturated rings. The van der Waals surface area contributed by atoms with Gasteiger partial charge in [0, 0.05) is 6.42 Å².